The first-order valence-corrected chi connectivity index (χ1v) is 11.4. The molecule has 0 atom stereocenters. The van der Waals surface area contributed by atoms with Gasteiger partial charge in [-0.05, 0) is 55.0 Å². The van der Waals surface area contributed by atoms with Gasteiger partial charge in [0.2, 0.25) is 0 Å². The van der Waals surface area contributed by atoms with Gasteiger partial charge in [0.05, 0.1) is 15.3 Å². The van der Waals surface area contributed by atoms with E-state index in [0.717, 1.165) is 44.9 Å². The van der Waals surface area contributed by atoms with E-state index in [0.29, 0.717) is 10.6 Å². The van der Waals surface area contributed by atoms with E-state index in [1.807, 2.05) is 24.3 Å². The Morgan fingerprint density at radius 2 is 2.04 bits per heavy atom. The molecule has 1 saturated heterocycles. The maximum absolute atomic E-state index is 12.6. The van der Waals surface area contributed by atoms with Crippen molar-refractivity contribution in [3.05, 3.63) is 51.2 Å². The van der Waals surface area contributed by atoms with Gasteiger partial charge in [0, 0.05) is 29.4 Å². The van der Waals surface area contributed by atoms with Crippen molar-refractivity contribution in [2.75, 3.05) is 23.3 Å². The highest BCUT2D eigenvalue weighted by Gasteiger charge is 2.26. The summed E-state index contributed by atoms with van der Waals surface area (Å²) in [6, 6.07) is 9.61. The van der Waals surface area contributed by atoms with Gasteiger partial charge in [-0.2, -0.15) is 0 Å². The number of nitrogens with one attached hydrogen (secondary N) is 1. The fourth-order valence-corrected chi connectivity index (χ4v) is 5.70. The van der Waals surface area contributed by atoms with Crippen LogP contribution in [-0.4, -0.2) is 24.0 Å². The van der Waals surface area contributed by atoms with Crippen molar-refractivity contribution in [2.24, 2.45) is 0 Å². The Morgan fingerprint density at radius 3 is 2.82 bits per heavy atom. The molecule has 1 aromatic carbocycles. The van der Waals surface area contributed by atoms with Crippen molar-refractivity contribution >= 4 is 62.6 Å². The van der Waals surface area contributed by atoms with Crippen molar-refractivity contribution in [1.82, 2.24) is 4.98 Å². The zero-order valence-corrected chi connectivity index (χ0v) is 17.5. The van der Waals surface area contributed by atoms with Crippen molar-refractivity contribution < 1.29 is 4.79 Å². The molecule has 7 heteroatoms. The first-order chi connectivity index (χ1) is 13.7. The Bertz CT molecular complexity index is 1070. The molecule has 1 fully saturated rings. The monoisotopic (exact) mass is 427 g/mol. The van der Waals surface area contributed by atoms with Crippen LogP contribution in [0.25, 0.3) is 22.2 Å². The zero-order chi connectivity index (χ0) is 19.1. The van der Waals surface area contributed by atoms with Crippen LogP contribution in [0.2, 0.25) is 5.02 Å². The number of hydrogen-bond donors (Lipinski definition) is 1. The van der Waals surface area contributed by atoms with Gasteiger partial charge in [0.15, 0.2) is 5.13 Å². The van der Waals surface area contributed by atoms with Gasteiger partial charge < -0.3 is 10.2 Å². The van der Waals surface area contributed by atoms with E-state index in [1.54, 1.807) is 28.7 Å². The van der Waals surface area contributed by atoms with Crippen LogP contribution < -0.4 is 10.2 Å². The predicted octanol–water partition coefficient (Wildman–Crippen LogP) is 6.01. The van der Waals surface area contributed by atoms with E-state index in [4.69, 9.17) is 16.6 Å². The number of carbonyl (C=O) groups excluding carboxylic acids is 1. The quantitative estimate of drug-likeness (QED) is 0.520. The third kappa shape index (κ3) is 3.26. The average Bonchev–Trinajstić information content (AvgIpc) is 3.43. The van der Waals surface area contributed by atoms with Gasteiger partial charge in [-0.1, -0.05) is 29.0 Å². The first-order valence-electron chi connectivity index (χ1n) is 9.32. The minimum atomic E-state index is -0.0951. The van der Waals surface area contributed by atoms with Gasteiger partial charge in [-0.15, -0.1) is 11.3 Å². The molecular formula is C21H18ClN3OS2. The van der Waals surface area contributed by atoms with E-state index in [2.05, 4.69) is 21.7 Å². The molecular weight excluding hydrogens is 410 g/mol. The van der Waals surface area contributed by atoms with Crippen LogP contribution in [0, 0.1) is 0 Å². The van der Waals surface area contributed by atoms with Crippen LogP contribution in [-0.2, 0) is 4.79 Å². The Morgan fingerprint density at radius 1 is 1.18 bits per heavy atom. The molecule has 1 amide bonds. The third-order valence-corrected chi connectivity index (χ3v) is 7.24. The smallest absolute Gasteiger partial charge is 0.256 e. The summed E-state index contributed by atoms with van der Waals surface area (Å²) in [6.07, 6.45) is 5.67. The molecule has 2 aliphatic rings. The fraction of sp³-hybridized carbons (Fsp3) is 0.238. The highest BCUT2D eigenvalue weighted by molar-refractivity contribution is 7.18. The zero-order valence-electron chi connectivity index (χ0n) is 15.1. The van der Waals surface area contributed by atoms with Crippen LogP contribution in [0.1, 0.15) is 29.7 Å². The van der Waals surface area contributed by atoms with Crippen LogP contribution in [0.4, 0.5) is 10.8 Å². The number of thiazole rings is 1. The minimum Gasteiger partial charge on any atom is -0.348 e. The number of carbonyl (C=O) groups is 1. The Labute approximate surface area is 176 Å². The van der Waals surface area contributed by atoms with Crippen molar-refractivity contribution in [1.29, 1.82) is 0 Å². The number of benzene rings is 1. The maximum Gasteiger partial charge on any atom is 0.256 e. The van der Waals surface area contributed by atoms with Gasteiger partial charge in [0.1, 0.15) is 5.69 Å². The van der Waals surface area contributed by atoms with Gasteiger partial charge in [0.25, 0.3) is 5.91 Å². The van der Waals surface area contributed by atoms with E-state index in [-0.39, 0.29) is 5.91 Å². The van der Waals surface area contributed by atoms with E-state index in [9.17, 15) is 4.79 Å². The van der Waals surface area contributed by atoms with Gasteiger partial charge >= 0.3 is 0 Å². The van der Waals surface area contributed by atoms with Gasteiger partial charge in [-0.25, -0.2) is 4.98 Å². The van der Waals surface area contributed by atoms with Crippen LogP contribution in [0.3, 0.4) is 0 Å². The Balaban J connectivity index is 1.61. The lowest BCUT2D eigenvalue weighted by Gasteiger charge is -2.25. The molecule has 0 spiro atoms. The molecule has 0 unspecified atom stereocenters. The maximum atomic E-state index is 12.6. The molecule has 5 rings (SSSR count). The predicted molar refractivity (Wildman–Crippen MR) is 119 cm³/mol. The van der Waals surface area contributed by atoms with E-state index in [1.165, 1.54) is 19.3 Å². The highest BCUT2D eigenvalue weighted by Crippen LogP contribution is 2.41. The highest BCUT2D eigenvalue weighted by atomic mass is 35.5. The lowest BCUT2D eigenvalue weighted by Crippen LogP contribution is -2.29. The number of piperidine rings is 1. The molecule has 1 N–H and O–H groups in total. The summed E-state index contributed by atoms with van der Waals surface area (Å²) in [7, 11) is 0. The number of aromatic nitrogens is 1. The molecule has 0 radical (unpaired) electrons. The number of hydrogen-bond acceptors (Lipinski definition) is 5. The number of amides is 1. The molecule has 0 aliphatic carbocycles. The summed E-state index contributed by atoms with van der Waals surface area (Å²) >= 11 is 9.51. The third-order valence-electron chi connectivity index (χ3n) is 5.06. The molecule has 142 valence electrons. The van der Waals surface area contributed by atoms with Crippen LogP contribution in [0.15, 0.2) is 35.7 Å². The summed E-state index contributed by atoms with van der Waals surface area (Å²) in [5, 5.41) is 6.65. The number of nitrogens with zero attached hydrogens (tertiary/aromatic N) is 2. The molecule has 0 saturated carbocycles. The van der Waals surface area contributed by atoms with Crippen molar-refractivity contribution in [2.45, 2.75) is 19.3 Å². The Kier molecular flexibility index (Phi) is 4.70. The van der Waals surface area contributed by atoms with Crippen LogP contribution >= 0.6 is 34.3 Å². The van der Waals surface area contributed by atoms with Gasteiger partial charge in [-0.3, -0.25) is 4.79 Å². The fourth-order valence-electron chi connectivity index (χ4n) is 3.66. The molecule has 2 aliphatic heterocycles. The average molecular weight is 428 g/mol. The largest absolute Gasteiger partial charge is 0.348 e. The second-order valence-corrected chi connectivity index (χ2v) is 9.33. The standard InChI is InChI=1S/C21H18ClN3OS2/c22-13-6-7-16-14(11-13)15(20(26)23-16)12-18-19(17-5-4-10-27-17)24-21(28-18)25-8-2-1-3-9-25/h4-7,10-12H,1-3,8-9H2,(H,23,26). The number of fused-ring (bicyclic) bond motifs is 1. The normalized spacial score (nSPS) is 17.8. The molecule has 28 heavy (non-hydrogen) atoms. The number of halogens is 1. The van der Waals surface area contributed by atoms with Crippen molar-refractivity contribution in [3.8, 4) is 10.6 Å². The lowest BCUT2D eigenvalue weighted by atomic mass is 10.1. The molecule has 2 aromatic heterocycles. The SMILES string of the molecule is O=C1Nc2ccc(Cl)cc2C1=Cc1sc(N2CCCCC2)nc1-c1cccs1. The molecule has 0 bridgehead atoms. The lowest BCUT2D eigenvalue weighted by molar-refractivity contribution is -0.110. The summed E-state index contributed by atoms with van der Waals surface area (Å²) < 4.78 is 0. The molecule has 4 nitrogen and oxygen atoms in total. The minimum absolute atomic E-state index is 0.0951. The Hall–Kier alpha value is -2.15. The molecule has 3 aromatic rings. The summed E-state index contributed by atoms with van der Waals surface area (Å²) in [5.41, 5.74) is 3.25. The topological polar surface area (TPSA) is 45.2 Å². The molecule has 4 heterocycles. The second-order valence-electron chi connectivity index (χ2n) is 6.94. The van der Waals surface area contributed by atoms with E-state index >= 15 is 0 Å². The second kappa shape index (κ2) is 7.35. The van der Waals surface area contributed by atoms with Crippen molar-refractivity contribution in [3.63, 3.8) is 0 Å². The first kappa shape index (κ1) is 17.9. The van der Waals surface area contributed by atoms with Crippen LogP contribution in [0.5, 0.6) is 0 Å². The summed E-state index contributed by atoms with van der Waals surface area (Å²) in [5.74, 6) is -0.0951. The van der Waals surface area contributed by atoms with E-state index < -0.39 is 0 Å². The summed E-state index contributed by atoms with van der Waals surface area (Å²) in [6.45, 7) is 2.10. The number of anilines is 2. The summed E-state index contributed by atoms with van der Waals surface area (Å²) in [4.78, 5) is 22.1. The number of thiophene rings is 1. The number of rotatable bonds is 3.